The molecule has 0 aliphatic heterocycles. The molecule has 28 heavy (non-hydrogen) atoms. The van der Waals surface area contributed by atoms with Gasteiger partial charge in [0.15, 0.2) is 0 Å². The predicted octanol–water partition coefficient (Wildman–Crippen LogP) is 4.79. The van der Waals surface area contributed by atoms with Crippen molar-refractivity contribution in [3.8, 4) is 22.6 Å². The Balaban J connectivity index is 1.67. The second kappa shape index (κ2) is 5.69. The third-order valence-electron chi connectivity index (χ3n) is 4.60. The fraction of sp³-hybridized carbons (Fsp3) is 0.105. The number of rotatable bonds is 2. The van der Waals surface area contributed by atoms with Crippen LogP contribution in [0.5, 0.6) is 0 Å². The predicted molar refractivity (Wildman–Crippen MR) is 96.3 cm³/mol. The van der Waals surface area contributed by atoms with Crippen LogP contribution in [0.1, 0.15) is 5.89 Å². The van der Waals surface area contributed by atoms with Crippen molar-refractivity contribution in [1.29, 1.82) is 0 Å². The quantitative estimate of drug-likeness (QED) is 0.476. The van der Waals surface area contributed by atoms with Gasteiger partial charge in [0.1, 0.15) is 5.65 Å². The number of aromatic amines is 1. The third-order valence-corrected chi connectivity index (χ3v) is 4.60. The van der Waals surface area contributed by atoms with Crippen LogP contribution in [0.4, 0.5) is 13.2 Å². The zero-order chi connectivity index (χ0) is 19.5. The Morgan fingerprint density at radius 2 is 2.00 bits per heavy atom. The largest absolute Gasteiger partial charge is 0.471 e. The Labute approximate surface area is 155 Å². The standard InChI is InChI=1S/C19H12F3N5O/c1-27-9-13(14-8-10-3-2-6-23-16(10)24-14)12-7-11(4-5-15(12)27)17-25-18(28-26-17)19(20,21)22/h2-9H,1H3,(H,23,24). The average Bonchev–Trinajstić information content (AvgIpc) is 3.37. The molecule has 5 rings (SSSR count). The first kappa shape index (κ1) is 16.5. The zero-order valence-electron chi connectivity index (χ0n) is 14.4. The maximum Gasteiger partial charge on any atom is 0.471 e. The van der Waals surface area contributed by atoms with E-state index in [-0.39, 0.29) is 5.82 Å². The van der Waals surface area contributed by atoms with Crippen LogP contribution >= 0.6 is 0 Å². The highest BCUT2D eigenvalue weighted by molar-refractivity contribution is 5.99. The normalized spacial score (nSPS) is 12.3. The summed E-state index contributed by atoms with van der Waals surface area (Å²) in [5.41, 5.74) is 3.88. The molecule has 4 heterocycles. The summed E-state index contributed by atoms with van der Waals surface area (Å²) in [6, 6.07) is 11.0. The Hall–Kier alpha value is -3.62. The van der Waals surface area contributed by atoms with Gasteiger partial charge in [-0.05, 0) is 36.4 Å². The van der Waals surface area contributed by atoms with Gasteiger partial charge in [0, 0.05) is 52.6 Å². The Bertz CT molecular complexity index is 1300. The molecule has 0 saturated carbocycles. The van der Waals surface area contributed by atoms with E-state index in [0.29, 0.717) is 5.56 Å². The van der Waals surface area contributed by atoms with Gasteiger partial charge in [0.05, 0.1) is 0 Å². The van der Waals surface area contributed by atoms with E-state index in [1.165, 1.54) is 0 Å². The topological polar surface area (TPSA) is 72.5 Å². The number of nitrogens with zero attached hydrogens (tertiary/aromatic N) is 4. The highest BCUT2D eigenvalue weighted by Gasteiger charge is 2.38. The second-order valence-corrected chi connectivity index (χ2v) is 6.43. The van der Waals surface area contributed by atoms with Gasteiger partial charge in [-0.2, -0.15) is 18.2 Å². The fourth-order valence-corrected chi connectivity index (χ4v) is 3.30. The van der Waals surface area contributed by atoms with Gasteiger partial charge in [-0.3, -0.25) is 0 Å². The minimum atomic E-state index is -4.68. The van der Waals surface area contributed by atoms with E-state index in [1.54, 1.807) is 18.3 Å². The van der Waals surface area contributed by atoms with Gasteiger partial charge in [-0.1, -0.05) is 5.16 Å². The van der Waals surface area contributed by atoms with E-state index >= 15 is 0 Å². The van der Waals surface area contributed by atoms with Crippen molar-refractivity contribution < 1.29 is 17.7 Å². The number of fused-ring (bicyclic) bond motifs is 2. The number of aryl methyl sites for hydroxylation is 1. The first-order chi connectivity index (χ1) is 13.4. The first-order valence-electron chi connectivity index (χ1n) is 8.34. The van der Waals surface area contributed by atoms with Crippen molar-refractivity contribution in [1.82, 2.24) is 24.7 Å². The molecule has 0 atom stereocenters. The summed E-state index contributed by atoms with van der Waals surface area (Å²) in [6.45, 7) is 0. The van der Waals surface area contributed by atoms with Crippen molar-refractivity contribution in [2.75, 3.05) is 0 Å². The number of hydrogen-bond acceptors (Lipinski definition) is 4. The number of alkyl halides is 3. The number of nitrogens with one attached hydrogen (secondary N) is 1. The number of H-pyrrole nitrogens is 1. The third kappa shape index (κ3) is 2.55. The van der Waals surface area contributed by atoms with E-state index in [1.807, 2.05) is 42.1 Å². The molecular weight excluding hydrogens is 371 g/mol. The lowest BCUT2D eigenvalue weighted by molar-refractivity contribution is -0.159. The van der Waals surface area contributed by atoms with Gasteiger partial charge >= 0.3 is 12.1 Å². The second-order valence-electron chi connectivity index (χ2n) is 6.43. The van der Waals surface area contributed by atoms with Crippen molar-refractivity contribution in [3.05, 3.63) is 54.7 Å². The molecule has 9 heteroatoms. The van der Waals surface area contributed by atoms with Crippen molar-refractivity contribution in [3.63, 3.8) is 0 Å². The first-order valence-corrected chi connectivity index (χ1v) is 8.34. The molecule has 0 aliphatic rings. The summed E-state index contributed by atoms with van der Waals surface area (Å²) in [5.74, 6) is -1.47. The Morgan fingerprint density at radius 1 is 1.14 bits per heavy atom. The van der Waals surface area contributed by atoms with Gasteiger partial charge in [0.25, 0.3) is 0 Å². The number of pyridine rings is 1. The Kier molecular flexibility index (Phi) is 3.36. The molecule has 140 valence electrons. The molecule has 0 spiro atoms. The molecule has 5 aromatic rings. The highest BCUT2D eigenvalue weighted by atomic mass is 19.4. The Morgan fingerprint density at radius 3 is 2.75 bits per heavy atom. The SMILES string of the molecule is Cn1cc(-c2cc3cccnc3[nH]2)c2cc(-c3noc(C(F)(F)F)n3)ccc21. The summed E-state index contributed by atoms with van der Waals surface area (Å²) in [4.78, 5) is 11.1. The molecule has 1 N–H and O–H groups in total. The smallest absolute Gasteiger partial charge is 0.350 e. The summed E-state index contributed by atoms with van der Waals surface area (Å²) in [6.07, 6.45) is -1.01. The van der Waals surface area contributed by atoms with Crippen LogP contribution in [0, 0.1) is 0 Å². The summed E-state index contributed by atoms with van der Waals surface area (Å²) < 4.78 is 44.6. The van der Waals surface area contributed by atoms with Crippen LogP contribution < -0.4 is 0 Å². The maximum atomic E-state index is 12.8. The average molecular weight is 383 g/mol. The van der Waals surface area contributed by atoms with Crippen molar-refractivity contribution in [2.24, 2.45) is 7.05 Å². The summed E-state index contributed by atoms with van der Waals surface area (Å²) >= 11 is 0. The lowest BCUT2D eigenvalue weighted by atomic mass is 10.1. The van der Waals surface area contributed by atoms with Crippen LogP contribution in [-0.2, 0) is 13.2 Å². The van der Waals surface area contributed by atoms with Crippen LogP contribution in [-0.4, -0.2) is 24.7 Å². The van der Waals surface area contributed by atoms with Crippen LogP contribution in [0.25, 0.3) is 44.6 Å². The van der Waals surface area contributed by atoms with Gasteiger partial charge in [0.2, 0.25) is 5.82 Å². The molecular formula is C19H12F3N5O. The molecule has 4 aromatic heterocycles. The van der Waals surface area contributed by atoms with E-state index in [0.717, 1.165) is 33.2 Å². The monoisotopic (exact) mass is 383 g/mol. The lowest BCUT2D eigenvalue weighted by Crippen LogP contribution is -2.04. The number of hydrogen-bond donors (Lipinski definition) is 1. The van der Waals surface area contributed by atoms with Crippen LogP contribution in [0.3, 0.4) is 0 Å². The fourth-order valence-electron chi connectivity index (χ4n) is 3.30. The van der Waals surface area contributed by atoms with Crippen LogP contribution in [0.15, 0.2) is 53.3 Å². The molecule has 1 aromatic carbocycles. The lowest BCUT2D eigenvalue weighted by Gasteiger charge is -2.00. The molecule has 0 saturated heterocycles. The number of benzene rings is 1. The minimum absolute atomic E-state index is 0.109. The number of halogens is 3. The van der Waals surface area contributed by atoms with Gasteiger partial charge in [-0.15, -0.1) is 0 Å². The van der Waals surface area contributed by atoms with Crippen molar-refractivity contribution >= 4 is 21.9 Å². The van der Waals surface area contributed by atoms with E-state index in [4.69, 9.17) is 0 Å². The van der Waals surface area contributed by atoms with E-state index < -0.39 is 12.1 Å². The molecule has 6 nitrogen and oxygen atoms in total. The zero-order valence-corrected chi connectivity index (χ0v) is 14.4. The molecule has 0 aliphatic carbocycles. The van der Waals surface area contributed by atoms with Crippen LogP contribution in [0.2, 0.25) is 0 Å². The van der Waals surface area contributed by atoms with E-state index in [9.17, 15) is 13.2 Å². The highest BCUT2D eigenvalue weighted by Crippen LogP contribution is 2.35. The van der Waals surface area contributed by atoms with E-state index in [2.05, 4.69) is 24.6 Å². The maximum absolute atomic E-state index is 12.8. The molecule has 0 amide bonds. The molecule has 0 unspecified atom stereocenters. The minimum Gasteiger partial charge on any atom is -0.350 e. The summed E-state index contributed by atoms with van der Waals surface area (Å²) in [7, 11) is 1.91. The molecule has 0 fully saturated rings. The summed E-state index contributed by atoms with van der Waals surface area (Å²) in [5, 5.41) is 5.30. The van der Waals surface area contributed by atoms with Crippen molar-refractivity contribution in [2.45, 2.75) is 6.18 Å². The molecule has 0 radical (unpaired) electrons. The van der Waals surface area contributed by atoms with Gasteiger partial charge < -0.3 is 14.1 Å². The van der Waals surface area contributed by atoms with Gasteiger partial charge in [-0.25, -0.2) is 4.98 Å². The number of aromatic nitrogens is 5. The molecule has 0 bridgehead atoms.